The summed E-state index contributed by atoms with van der Waals surface area (Å²) >= 11 is 1.29. The van der Waals surface area contributed by atoms with Crippen LogP contribution in [0.5, 0.6) is 0 Å². The zero-order chi connectivity index (χ0) is 14.4. The number of carbonyl (C=O) groups excluding carboxylic acids is 2. The normalized spacial score (nSPS) is 11.7. The molecule has 0 spiro atoms. The second-order valence-electron chi connectivity index (χ2n) is 4.17. The van der Waals surface area contributed by atoms with Gasteiger partial charge in [-0.05, 0) is 11.4 Å². The highest BCUT2D eigenvalue weighted by Crippen LogP contribution is 2.07. The fraction of sp³-hybridized carbons (Fsp3) is 0.417. The van der Waals surface area contributed by atoms with Crippen molar-refractivity contribution in [3.05, 3.63) is 22.4 Å². The van der Waals surface area contributed by atoms with Gasteiger partial charge in [0, 0.05) is 13.6 Å². The van der Waals surface area contributed by atoms with Crippen molar-refractivity contribution in [1.82, 2.24) is 10.2 Å². The third kappa shape index (κ3) is 4.70. The van der Waals surface area contributed by atoms with E-state index in [0.717, 1.165) is 0 Å². The smallest absolute Gasteiger partial charge is 0.308 e. The average Bonchev–Trinajstić information content (AvgIpc) is 2.88. The van der Waals surface area contributed by atoms with Crippen LogP contribution in [0.1, 0.15) is 16.6 Å². The highest BCUT2D eigenvalue weighted by Gasteiger charge is 2.18. The molecule has 0 saturated carbocycles. The van der Waals surface area contributed by atoms with E-state index >= 15 is 0 Å². The van der Waals surface area contributed by atoms with Gasteiger partial charge in [0.25, 0.3) is 5.91 Å². The molecule has 1 unspecified atom stereocenters. The monoisotopic (exact) mass is 284 g/mol. The Morgan fingerprint density at radius 2 is 2.16 bits per heavy atom. The van der Waals surface area contributed by atoms with Crippen molar-refractivity contribution in [1.29, 1.82) is 0 Å². The third-order valence-corrected chi connectivity index (χ3v) is 3.41. The van der Waals surface area contributed by atoms with E-state index in [9.17, 15) is 14.4 Å². The summed E-state index contributed by atoms with van der Waals surface area (Å²) in [6.07, 6.45) is 0. The minimum Gasteiger partial charge on any atom is -0.481 e. The minimum absolute atomic E-state index is 0.114. The largest absolute Gasteiger partial charge is 0.481 e. The molecule has 0 aliphatic heterocycles. The van der Waals surface area contributed by atoms with Gasteiger partial charge in [0.15, 0.2) is 0 Å². The second-order valence-corrected chi connectivity index (χ2v) is 5.12. The van der Waals surface area contributed by atoms with E-state index in [1.807, 2.05) is 0 Å². The van der Waals surface area contributed by atoms with Gasteiger partial charge >= 0.3 is 5.97 Å². The fourth-order valence-corrected chi connectivity index (χ4v) is 2.02. The Morgan fingerprint density at radius 3 is 2.68 bits per heavy atom. The molecular weight excluding hydrogens is 268 g/mol. The number of amides is 2. The zero-order valence-corrected chi connectivity index (χ0v) is 11.6. The van der Waals surface area contributed by atoms with Crippen LogP contribution in [-0.2, 0) is 9.59 Å². The van der Waals surface area contributed by atoms with Crippen LogP contribution in [0.25, 0.3) is 0 Å². The number of nitrogens with one attached hydrogen (secondary N) is 1. The molecule has 1 aromatic heterocycles. The standard InChI is InChI=1S/C12H16N2O4S/c1-8(12(17)18)7-14(2)10(15)6-13-11(16)9-4-3-5-19-9/h3-5,8H,6-7H2,1-2H3,(H,13,16)(H,17,18). The van der Waals surface area contributed by atoms with E-state index in [1.165, 1.54) is 30.2 Å². The topological polar surface area (TPSA) is 86.7 Å². The number of hydrogen-bond acceptors (Lipinski definition) is 4. The molecule has 2 amide bonds. The Balaban J connectivity index is 2.38. The van der Waals surface area contributed by atoms with E-state index in [0.29, 0.717) is 4.88 Å². The first kappa shape index (κ1) is 15.2. The third-order valence-electron chi connectivity index (χ3n) is 2.54. The Kier molecular flexibility index (Phi) is 5.50. The highest BCUT2D eigenvalue weighted by atomic mass is 32.1. The summed E-state index contributed by atoms with van der Waals surface area (Å²) in [6, 6.07) is 3.42. The van der Waals surface area contributed by atoms with Gasteiger partial charge in [-0.15, -0.1) is 11.3 Å². The van der Waals surface area contributed by atoms with Gasteiger partial charge in [-0.1, -0.05) is 13.0 Å². The van der Waals surface area contributed by atoms with E-state index in [1.54, 1.807) is 17.5 Å². The quantitative estimate of drug-likeness (QED) is 0.803. The van der Waals surface area contributed by atoms with Crippen molar-refractivity contribution >= 4 is 29.1 Å². The van der Waals surface area contributed by atoms with Crippen LogP contribution in [0.3, 0.4) is 0 Å². The van der Waals surface area contributed by atoms with Crippen LogP contribution in [0, 0.1) is 5.92 Å². The van der Waals surface area contributed by atoms with Crippen molar-refractivity contribution in [2.45, 2.75) is 6.92 Å². The molecule has 104 valence electrons. The van der Waals surface area contributed by atoms with Gasteiger partial charge in [-0.2, -0.15) is 0 Å². The van der Waals surface area contributed by atoms with Gasteiger partial charge in [0.1, 0.15) is 0 Å². The first-order valence-electron chi connectivity index (χ1n) is 5.70. The van der Waals surface area contributed by atoms with Gasteiger partial charge in [0.2, 0.25) is 5.91 Å². The van der Waals surface area contributed by atoms with Crippen molar-refractivity contribution in [2.75, 3.05) is 20.1 Å². The zero-order valence-electron chi connectivity index (χ0n) is 10.8. The van der Waals surface area contributed by atoms with Crippen LogP contribution in [0.2, 0.25) is 0 Å². The molecule has 1 atom stereocenters. The first-order valence-corrected chi connectivity index (χ1v) is 6.58. The van der Waals surface area contributed by atoms with E-state index in [2.05, 4.69) is 5.32 Å². The molecule has 0 bridgehead atoms. The Hall–Kier alpha value is -1.89. The van der Waals surface area contributed by atoms with Crippen LogP contribution in [-0.4, -0.2) is 47.9 Å². The maximum Gasteiger partial charge on any atom is 0.308 e. The summed E-state index contributed by atoms with van der Waals surface area (Å²) in [6.45, 7) is 1.50. The molecule has 1 heterocycles. The highest BCUT2D eigenvalue weighted by molar-refractivity contribution is 7.12. The lowest BCUT2D eigenvalue weighted by atomic mass is 10.2. The number of carbonyl (C=O) groups is 3. The number of likely N-dealkylation sites (N-methyl/N-ethyl adjacent to an activating group) is 1. The Labute approximate surface area is 115 Å². The molecule has 0 fully saturated rings. The minimum atomic E-state index is -0.956. The van der Waals surface area contributed by atoms with Crippen LogP contribution < -0.4 is 5.32 Å². The summed E-state index contributed by atoms with van der Waals surface area (Å²) in [7, 11) is 1.51. The van der Waals surface area contributed by atoms with E-state index in [-0.39, 0.29) is 24.9 Å². The van der Waals surface area contributed by atoms with Crippen LogP contribution >= 0.6 is 11.3 Å². The SMILES string of the molecule is CC(CN(C)C(=O)CNC(=O)c1cccs1)C(=O)O. The van der Waals surface area contributed by atoms with E-state index < -0.39 is 11.9 Å². The summed E-state index contributed by atoms with van der Waals surface area (Å²) < 4.78 is 0. The van der Waals surface area contributed by atoms with Crippen molar-refractivity contribution in [3.63, 3.8) is 0 Å². The molecule has 1 aromatic rings. The predicted octanol–water partition coefficient (Wildman–Crippen LogP) is 0.657. The lowest BCUT2D eigenvalue weighted by molar-refractivity contribution is -0.142. The number of hydrogen-bond donors (Lipinski definition) is 2. The van der Waals surface area contributed by atoms with Gasteiger partial charge in [0.05, 0.1) is 17.3 Å². The molecule has 0 aliphatic carbocycles. The summed E-state index contributed by atoms with van der Waals surface area (Å²) in [5.74, 6) is -2.22. The predicted molar refractivity (Wildman–Crippen MR) is 71.1 cm³/mol. The Bertz CT molecular complexity index is 458. The van der Waals surface area contributed by atoms with Crippen LogP contribution in [0.4, 0.5) is 0 Å². The summed E-state index contributed by atoms with van der Waals surface area (Å²) in [5.41, 5.74) is 0. The van der Waals surface area contributed by atoms with E-state index in [4.69, 9.17) is 5.11 Å². The Morgan fingerprint density at radius 1 is 1.47 bits per heavy atom. The number of aliphatic carboxylic acids is 1. The molecule has 0 saturated heterocycles. The lowest BCUT2D eigenvalue weighted by Gasteiger charge is -2.19. The molecule has 2 N–H and O–H groups in total. The lowest BCUT2D eigenvalue weighted by Crippen LogP contribution is -2.40. The summed E-state index contributed by atoms with van der Waals surface area (Å²) in [5, 5.41) is 13.0. The van der Waals surface area contributed by atoms with Gasteiger partial charge in [-0.25, -0.2) is 0 Å². The van der Waals surface area contributed by atoms with Gasteiger partial charge < -0.3 is 15.3 Å². The van der Waals surface area contributed by atoms with Gasteiger partial charge in [-0.3, -0.25) is 14.4 Å². The number of thiophene rings is 1. The number of carboxylic acids is 1. The maximum atomic E-state index is 11.7. The van der Waals surface area contributed by atoms with Crippen molar-refractivity contribution in [3.8, 4) is 0 Å². The molecular formula is C12H16N2O4S. The number of nitrogens with zero attached hydrogens (tertiary/aromatic N) is 1. The molecule has 0 aliphatic rings. The second kappa shape index (κ2) is 6.89. The maximum absolute atomic E-state index is 11.7. The molecule has 0 radical (unpaired) electrons. The molecule has 7 heteroatoms. The molecule has 19 heavy (non-hydrogen) atoms. The molecule has 6 nitrogen and oxygen atoms in total. The number of carboxylic acid groups (broad SMARTS) is 1. The molecule has 0 aromatic carbocycles. The first-order chi connectivity index (χ1) is 8.91. The molecule has 1 rings (SSSR count). The summed E-state index contributed by atoms with van der Waals surface area (Å²) in [4.78, 5) is 35.8. The van der Waals surface area contributed by atoms with Crippen LogP contribution in [0.15, 0.2) is 17.5 Å². The fourth-order valence-electron chi connectivity index (χ4n) is 1.38. The average molecular weight is 284 g/mol. The van der Waals surface area contributed by atoms with Crippen molar-refractivity contribution < 1.29 is 19.5 Å². The number of rotatable bonds is 6. The van der Waals surface area contributed by atoms with Crippen molar-refractivity contribution in [2.24, 2.45) is 5.92 Å².